The Bertz CT molecular complexity index is 843. The fourth-order valence-electron chi connectivity index (χ4n) is 3.41. The molecule has 29 heavy (non-hydrogen) atoms. The number of hydrogen-bond acceptors (Lipinski definition) is 5. The Morgan fingerprint density at radius 3 is 2.48 bits per heavy atom. The summed E-state index contributed by atoms with van der Waals surface area (Å²) in [5.74, 6) is -0.0185. The Labute approximate surface area is 169 Å². The molecule has 3 rings (SSSR count). The molecule has 1 aromatic carbocycles. The zero-order valence-electron chi connectivity index (χ0n) is 16.3. The normalized spacial score (nSPS) is 14.8. The van der Waals surface area contributed by atoms with Crippen LogP contribution < -0.4 is 20.9 Å². The van der Waals surface area contributed by atoms with E-state index >= 15 is 0 Å². The van der Waals surface area contributed by atoms with Crippen molar-refractivity contribution in [3.05, 3.63) is 54.0 Å². The number of carbonyl (C=O) groups excluding carboxylic acids is 3. The molecule has 1 atom stereocenters. The van der Waals surface area contributed by atoms with Crippen LogP contribution in [0.15, 0.2) is 46.9 Å². The third-order valence-electron chi connectivity index (χ3n) is 4.82. The molecular formula is C21H25N3O5. The molecule has 1 aliphatic carbocycles. The number of hydrogen-bond donors (Lipinski definition) is 3. The molecule has 2 aromatic rings. The average molecular weight is 399 g/mol. The summed E-state index contributed by atoms with van der Waals surface area (Å²) in [5.41, 5.74) is 4.72. The van der Waals surface area contributed by atoms with Gasteiger partial charge in [0.05, 0.1) is 0 Å². The van der Waals surface area contributed by atoms with E-state index < -0.39 is 17.9 Å². The van der Waals surface area contributed by atoms with Crippen molar-refractivity contribution < 1.29 is 23.5 Å². The van der Waals surface area contributed by atoms with Gasteiger partial charge in [-0.3, -0.25) is 25.2 Å². The fraction of sp³-hybridized carbons (Fsp3) is 0.381. The summed E-state index contributed by atoms with van der Waals surface area (Å²) in [6.45, 7) is 1.55. The first-order chi connectivity index (χ1) is 14.0. The van der Waals surface area contributed by atoms with Crippen LogP contribution >= 0.6 is 0 Å². The largest absolute Gasteiger partial charge is 0.486 e. The SMILES string of the molecule is CC(=O)NC(C(=O)NNC(=O)c1ccc(COc2ccccc2)o1)C1CCCC1. The highest BCUT2D eigenvalue weighted by Crippen LogP contribution is 2.27. The molecule has 1 heterocycles. The standard InChI is InChI=1S/C21H25N3O5/c1-14(25)22-19(15-7-5-6-8-15)21(27)24-23-20(26)18-12-11-17(29-18)13-28-16-9-3-2-4-10-16/h2-4,9-12,15,19H,5-8,13H2,1H3,(H,22,25)(H,23,26)(H,24,27). The van der Waals surface area contributed by atoms with Gasteiger partial charge in [-0.15, -0.1) is 0 Å². The first-order valence-corrected chi connectivity index (χ1v) is 9.67. The van der Waals surface area contributed by atoms with Crippen molar-refractivity contribution in [2.45, 2.75) is 45.3 Å². The van der Waals surface area contributed by atoms with Gasteiger partial charge in [-0.2, -0.15) is 0 Å². The summed E-state index contributed by atoms with van der Waals surface area (Å²) >= 11 is 0. The maximum absolute atomic E-state index is 12.5. The summed E-state index contributed by atoms with van der Waals surface area (Å²) in [6, 6.07) is 11.7. The van der Waals surface area contributed by atoms with Gasteiger partial charge in [-0.1, -0.05) is 31.0 Å². The Morgan fingerprint density at radius 2 is 1.79 bits per heavy atom. The minimum Gasteiger partial charge on any atom is -0.486 e. The monoisotopic (exact) mass is 399 g/mol. The number of amides is 3. The molecule has 0 bridgehead atoms. The quantitative estimate of drug-likeness (QED) is 0.619. The first-order valence-electron chi connectivity index (χ1n) is 9.67. The number of rotatable bonds is 7. The molecule has 154 valence electrons. The lowest BCUT2D eigenvalue weighted by molar-refractivity contribution is -0.129. The minimum atomic E-state index is -0.665. The second kappa shape index (κ2) is 9.77. The molecule has 3 N–H and O–H groups in total. The van der Waals surface area contributed by atoms with Gasteiger partial charge in [0.2, 0.25) is 5.91 Å². The maximum atomic E-state index is 12.5. The van der Waals surface area contributed by atoms with Gasteiger partial charge in [-0.25, -0.2) is 0 Å². The van der Waals surface area contributed by atoms with E-state index in [0.29, 0.717) is 11.5 Å². The predicted octanol–water partition coefficient (Wildman–Crippen LogP) is 2.31. The smallest absolute Gasteiger partial charge is 0.305 e. The van der Waals surface area contributed by atoms with Crippen LogP contribution in [0.4, 0.5) is 0 Å². The Balaban J connectivity index is 1.51. The van der Waals surface area contributed by atoms with Gasteiger partial charge in [0.15, 0.2) is 5.76 Å². The number of para-hydroxylation sites is 1. The van der Waals surface area contributed by atoms with Crippen LogP contribution in [0, 0.1) is 5.92 Å². The van der Waals surface area contributed by atoms with Gasteiger partial charge in [0.25, 0.3) is 5.91 Å². The van der Waals surface area contributed by atoms with E-state index in [0.717, 1.165) is 25.7 Å². The molecule has 1 aliphatic rings. The van der Waals surface area contributed by atoms with E-state index in [1.165, 1.54) is 13.0 Å². The van der Waals surface area contributed by atoms with E-state index in [4.69, 9.17) is 9.15 Å². The van der Waals surface area contributed by atoms with Crippen molar-refractivity contribution in [2.75, 3.05) is 0 Å². The highest BCUT2D eigenvalue weighted by atomic mass is 16.5. The van der Waals surface area contributed by atoms with Crippen molar-refractivity contribution in [1.82, 2.24) is 16.2 Å². The lowest BCUT2D eigenvalue weighted by Gasteiger charge is -2.23. The molecule has 0 radical (unpaired) electrons. The topological polar surface area (TPSA) is 110 Å². The van der Waals surface area contributed by atoms with Crippen LogP contribution in [0.5, 0.6) is 5.75 Å². The molecule has 0 saturated heterocycles. The van der Waals surface area contributed by atoms with Crippen molar-refractivity contribution >= 4 is 17.7 Å². The van der Waals surface area contributed by atoms with E-state index in [1.54, 1.807) is 6.07 Å². The van der Waals surface area contributed by atoms with E-state index in [1.807, 2.05) is 30.3 Å². The Morgan fingerprint density at radius 1 is 1.07 bits per heavy atom. The number of hydrazine groups is 1. The molecule has 0 aliphatic heterocycles. The van der Waals surface area contributed by atoms with Crippen molar-refractivity contribution in [1.29, 1.82) is 0 Å². The minimum absolute atomic E-state index is 0.0499. The lowest BCUT2D eigenvalue weighted by atomic mass is 9.97. The van der Waals surface area contributed by atoms with Crippen LogP contribution in [-0.2, 0) is 16.2 Å². The van der Waals surface area contributed by atoms with Gasteiger partial charge in [0.1, 0.15) is 24.2 Å². The van der Waals surface area contributed by atoms with Crippen molar-refractivity contribution in [3.8, 4) is 5.75 Å². The molecular weight excluding hydrogens is 374 g/mol. The van der Waals surface area contributed by atoms with Crippen LogP contribution in [0.25, 0.3) is 0 Å². The molecule has 1 unspecified atom stereocenters. The second-order valence-electron chi connectivity index (χ2n) is 7.03. The maximum Gasteiger partial charge on any atom is 0.305 e. The highest BCUT2D eigenvalue weighted by molar-refractivity contribution is 5.94. The molecule has 1 saturated carbocycles. The molecule has 3 amide bonds. The Hall–Kier alpha value is -3.29. The Kier molecular flexibility index (Phi) is 6.89. The zero-order valence-corrected chi connectivity index (χ0v) is 16.3. The third-order valence-corrected chi connectivity index (χ3v) is 4.82. The van der Waals surface area contributed by atoms with Crippen molar-refractivity contribution in [3.63, 3.8) is 0 Å². The highest BCUT2D eigenvalue weighted by Gasteiger charge is 2.31. The second-order valence-corrected chi connectivity index (χ2v) is 7.03. The zero-order chi connectivity index (χ0) is 20.6. The lowest BCUT2D eigenvalue weighted by Crippen LogP contribution is -2.54. The summed E-state index contributed by atoms with van der Waals surface area (Å²) in [5, 5.41) is 2.68. The van der Waals surface area contributed by atoms with Gasteiger partial charge in [0, 0.05) is 6.92 Å². The van der Waals surface area contributed by atoms with E-state index in [-0.39, 0.29) is 24.2 Å². The number of nitrogens with one attached hydrogen (secondary N) is 3. The van der Waals surface area contributed by atoms with Crippen LogP contribution in [0.2, 0.25) is 0 Å². The fourth-order valence-corrected chi connectivity index (χ4v) is 3.41. The molecule has 0 spiro atoms. The summed E-state index contributed by atoms with van der Waals surface area (Å²) < 4.78 is 11.0. The van der Waals surface area contributed by atoms with Crippen LogP contribution in [0.1, 0.15) is 48.9 Å². The summed E-state index contributed by atoms with van der Waals surface area (Å²) in [4.78, 5) is 36.2. The van der Waals surface area contributed by atoms with Crippen LogP contribution in [0.3, 0.4) is 0 Å². The molecule has 8 nitrogen and oxygen atoms in total. The molecule has 1 aromatic heterocycles. The van der Waals surface area contributed by atoms with Gasteiger partial charge >= 0.3 is 5.91 Å². The number of ether oxygens (including phenoxy) is 1. The van der Waals surface area contributed by atoms with Gasteiger partial charge in [-0.05, 0) is 43.0 Å². The van der Waals surface area contributed by atoms with Gasteiger partial charge < -0.3 is 14.5 Å². The third kappa shape index (κ3) is 5.84. The number of furan rings is 1. The number of carbonyl (C=O) groups is 3. The summed E-state index contributed by atoms with van der Waals surface area (Å²) in [6.07, 6.45) is 3.80. The van der Waals surface area contributed by atoms with Crippen LogP contribution in [-0.4, -0.2) is 23.8 Å². The predicted molar refractivity (Wildman–Crippen MR) is 105 cm³/mol. The number of benzene rings is 1. The van der Waals surface area contributed by atoms with Crippen molar-refractivity contribution in [2.24, 2.45) is 5.92 Å². The summed E-state index contributed by atoms with van der Waals surface area (Å²) in [7, 11) is 0. The molecule has 8 heteroatoms. The average Bonchev–Trinajstić information content (AvgIpc) is 3.41. The van der Waals surface area contributed by atoms with E-state index in [2.05, 4.69) is 16.2 Å². The van der Waals surface area contributed by atoms with E-state index in [9.17, 15) is 14.4 Å². The first kappa shape index (κ1) is 20.4. The molecule has 1 fully saturated rings.